The van der Waals surface area contributed by atoms with Crippen LogP contribution in [0.15, 0.2) is 23.1 Å². The molecule has 8 nitrogen and oxygen atoms in total. The summed E-state index contributed by atoms with van der Waals surface area (Å²) in [6.45, 7) is 2.04. The van der Waals surface area contributed by atoms with Crippen LogP contribution in [-0.4, -0.2) is 19.4 Å². The lowest BCUT2D eigenvalue weighted by atomic mass is 9.83. The quantitative estimate of drug-likeness (QED) is 0.422. The highest BCUT2D eigenvalue weighted by Gasteiger charge is 2.30. The maximum atomic E-state index is 12.1. The van der Waals surface area contributed by atoms with Crippen molar-refractivity contribution in [2.75, 3.05) is 5.43 Å². The molecule has 1 aromatic rings. The summed E-state index contributed by atoms with van der Waals surface area (Å²) >= 11 is 0. The van der Waals surface area contributed by atoms with E-state index in [1.165, 1.54) is 12.1 Å². The maximum Gasteiger partial charge on any atom is 0.294 e. The molecule has 1 fully saturated rings. The molecule has 20 heavy (non-hydrogen) atoms. The number of nitro groups is 1. The first-order valence-corrected chi connectivity index (χ1v) is 7.59. The number of nitro benzene ring substituents is 1. The second-order valence-electron chi connectivity index (χ2n) is 4.98. The molecule has 0 amide bonds. The zero-order chi connectivity index (χ0) is 14.9. The molecule has 110 valence electrons. The maximum absolute atomic E-state index is 12.1. The number of sulfonamides is 1. The Kier molecular flexibility index (Phi) is 3.93. The van der Waals surface area contributed by atoms with Gasteiger partial charge in [0.25, 0.3) is 5.69 Å². The Bertz CT molecular complexity index is 625. The molecule has 1 aliphatic rings. The van der Waals surface area contributed by atoms with Crippen LogP contribution in [0, 0.1) is 16.0 Å². The lowest BCUT2D eigenvalue weighted by Crippen LogP contribution is -2.43. The first kappa shape index (κ1) is 14.7. The minimum Gasteiger partial charge on any atom is -0.318 e. The predicted molar refractivity (Wildman–Crippen MR) is 73.4 cm³/mol. The molecule has 0 atom stereocenters. The van der Waals surface area contributed by atoms with E-state index in [1.807, 2.05) is 6.92 Å². The molecular formula is C11H16N4O4S. The molecule has 0 bridgehead atoms. The van der Waals surface area contributed by atoms with Crippen LogP contribution in [0.5, 0.6) is 0 Å². The third-order valence-electron chi connectivity index (χ3n) is 3.33. The van der Waals surface area contributed by atoms with Gasteiger partial charge in [-0.25, -0.2) is 13.1 Å². The summed E-state index contributed by atoms with van der Waals surface area (Å²) in [5.74, 6) is 5.66. The Labute approximate surface area is 116 Å². The molecule has 0 radical (unpaired) electrons. The van der Waals surface area contributed by atoms with Crippen molar-refractivity contribution in [3.05, 3.63) is 28.3 Å². The fourth-order valence-electron chi connectivity index (χ4n) is 2.24. The molecule has 9 heteroatoms. The number of benzene rings is 1. The van der Waals surface area contributed by atoms with Gasteiger partial charge in [-0.1, -0.05) is 6.92 Å². The Hall–Kier alpha value is -1.71. The van der Waals surface area contributed by atoms with E-state index in [1.54, 1.807) is 0 Å². The van der Waals surface area contributed by atoms with Gasteiger partial charge in [-0.2, -0.15) is 0 Å². The fourth-order valence-corrected chi connectivity index (χ4v) is 3.52. The van der Waals surface area contributed by atoms with Gasteiger partial charge in [0.2, 0.25) is 10.0 Å². The summed E-state index contributed by atoms with van der Waals surface area (Å²) in [4.78, 5) is 10.1. The minimum atomic E-state index is -3.75. The third-order valence-corrected chi connectivity index (χ3v) is 4.85. The lowest BCUT2D eigenvalue weighted by molar-refractivity contribution is -0.384. The van der Waals surface area contributed by atoms with E-state index in [0.29, 0.717) is 5.92 Å². The number of nitrogens with one attached hydrogen (secondary N) is 2. The number of hydrogen-bond donors (Lipinski definition) is 3. The van der Waals surface area contributed by atoms with E-state index < -0.39 is 14.9 Å². The van der Waals surface area contributed by atoms with Gasteiger partial charge in [0.1, 0.15) is 5.69 Å². The van der Waals surface area contributed by atoms with Gasteiger partial charge in [0.05, 0.1) is 9.82 Å². The van der Waals surface area contributed by atoms with Crippen LogP contribution in [0.4, 0.5) is 11.4 Å². The number of nitrogens with two attached hydrogens (primary N) is 1. The van der Waals surface area contributed by atoms with Crippen LogP contribution >= 0.6 is 0 Å². The molecule has 0 unspecified atom stereocenters. The van der Waals surface area contributed by atoms with Crippen LogP contribution in [0.1, 0.15) is 19.8 Å². The lowest BCUT2D eigenvalue weighted by Gasteiger charge is -2.32. The minimum absolute atomic E-state index is 0.0613. The van der Waals surface area contributed by atoms with Crippen LogP contribution in [0.3, 0.4) is 0 Å². The Morgan fingerprint density at radius 2 is 2.05 bits per heavy atom. The van der Waals surface area contributed by atoms with Gasteiger partial charge in [0, 0.05) is 12.1 Å². The number of hydrazine groups is 1. The number of rotatable bonds is 5. The second-order valence-corrected chi connectivity index (χ2v) is 6.69. The molecule has 1 saturated carbocycles. The monoisotopic (exact) mass is 300 g/mol. The normalized spacial score (nSPS) is 22.1. The highest BCUT2D eigenvalue weighted by molar-refractivity contribution is 7.89. The molecule has 0 spiro atoms. The van der Waals surface area contributed by atoms with Gasteiger partial charge in [-0.05, 0) is 30.9 Å². The second kappa shape index (κ2) is 5.35. The van der Waals surface area contributed by atoms with Gasteiger partial charge >= 0.3 is 0 Å². The van der Waals surface area contributed by atoms with Crippen molar-refractivity contribution in [3.63, 3.8) is 0 Å². The summed E-state index contributed by atoms with van der Waals surface area (Å²) in [5, 5.41) is 10.9. The number of anilines is 1. The van der Waals surface area contributed by atoms with Crippen molar-refractivity contribution in [1.29, 1.82) is 0 Å². The van der Waals surface area contributed by atoms with E-state index in [4.69, 9.17) is 5.84 Å². The molecule has 0 aliphatic heterocycles. The van der Waals surface area contributed by atoms with Crippen molar-refractivity contribution in [2.45, 2.75) is 30.7 Å². The van der Waals surface area contributed by atoms with Gasteiger partial charge in [0.15, 0.2) is 0 Å². The van der Waals surface area contributed by atoms with Crippen molar-refractivity contribution >= 4 is 21.4 Å². The molecule has 4 N–H and O–H groups in total. The summed E-state index contributed by atoms with van der Waals surface area (Å²) in [7, 11) is -3.75. The summed E-state index contributed by atoms with van der Waals surface area (Å²) in [6, 6.07) is 3.46. The largest absolute Gasteiger partial charge is 0.318 e. The zero-order valence-electron chi connectivity index (χ0n) is 10.9. The average Bonchev–Trinajstić information content (AvgIpc) is 2.35. The van der Waals surface area contributed by atoms with Crippen molar-refractivity contribution in [2.24, 2.45) is 11.8 Å². The van der Waals surface area contributed by atoms with Crippen LogP contribution < -0.4 is 16.0 Å². The van der Waals surface area contributed by atoms with Crippen LogP contribution in [-0.2, 0) is 10.0 Å². The Morgan fingerprint density at radius 1 is 1.40 bits per heavy atom. The van der Waals surface area contributed by atoms with Crippen molar-refractivity contribution < 1.29 is 13.3 Å². The molecule has 0 aromatic heterocycles. The summed E-state index contributed by atoms with van der Waals surface area (Å²) < 4.78 is 26.8. The topological polar surface area (TPSA) is 127 Å². The summed E-state index contributed by atoms with van der Waals surface area (Å²) in [5.41, 5.74) is 1.85. The van der Waals surface area contributed by atoms with Crippen molar-refractivity contribution in [1.82, 2.24) is 4.72 Å². The van der Waals surface area contributed by atoms with Crippen LogP contribution in [0.2, 0.25) is 0 Å². The summed E-state index contributed by atoms with van der Waals surface area (Å²) in [6.07, 6.45) is 1.56. The fraction of sp³-hybridized carbons (Fsp3) is 0.455. The van der Waals surface area contributed by atoms with E-state index in [9.17, 15) is 18.5 Å². The third kappa shape index (κ3) is 2.89. The predicted octanol–water partition coefficient (Wildman–Crippen LogP) is 0.957. The molecule has 1 aliphatic carbocycles. The van der Waals surface area contributed by atoms with E-state index in [-0.39, 0.29) is 22.3 Å². The molecule has 0 saturated heterocycles. The number of nitrogen functional groups attached to an aromatic ring is 1. The smallest absolute Gasteiger partial charge is 0.294 e. The van der Waals surface area contributed by atoms with Gasteiger partial charge in [-0.3, -0.25) is 16.0 Å². The molecule has 0 heterocycles. The number of hydrogen-bond acceptors (Lipinski definition) is 6. The molecule has 1 aromatic carbocycles. The van der Waals surface area contributed by atoms with Gasteiger partial charge in [-0.15, -0.1) is 0 Å². The average molecular weight is 300 g/mol. The molecular weight excluding hydrogens is 284 g/mol. The van der Waals surface area contributed by atoms with E-state index in [0.717, 1.165) is 18.9 Å². The standard InChI is InChI=1S/C11H16N4O4S/c1-7-4-8(5-7)14-20(18,19)9-2-3-10(13-12)11(6-9)15(16)17/h2-3,6-8,13-14H,4-5,12H2,1H3. The molecule has 2 rings (SSSR count). The zero-order valence-corrected chi connectivity index (χ0v) is 11.7. The SMILES string of the molecule is CC1CC(NS(=O)(=O)c2ccc(NN)c([N+](=O)[O-])c2)C1. The first-order chi connectivity index (χ1) is 9.33. The Balaban J connectivity index is 2.27. The van der Waals surface area contributed by atoms with E-state index >= 15 is 0 Å². The highest BCUT2D eigenvalue weighted by atomic mass is 32.2. The highest BCUT2D eigenvalue weighted by Crippen LogP contribution is 2.30. The Morgan fingerprint density at radius 3 is 2.55 bits per heavy atom. The van der Waals surface area contributed by atoms with Gasteiger partial charge < -0.3 is 5.43 Å². The van der Waals surface area contributed by atoms with Crippen LogP contribution in [0.25, 0.3) is 0 Å². The van der Waals surface area contributed by atoms with E-state index in [2.05, 4.69) is 10.1 Å². The van der Waals surface area contributed by atoms with Crippen molar-refractivity contribution in [3.8, 4) is 0 Å². The first-order valence-electron chi connectivity index (χ1n) is 6.11. The number of nitrogens with zero attached hydrogens (tertiary/aromatic N) is 1.